The average Bonchev–Trinajstić information content (AvgIpc) is 2.13. The number of benzene rings is 1. The molecule has 66 valence electrons. The minimum Gasteiger partial charge on any atom is -0.422 e. The molecule has 2 heteroatoms. The molecule has 1 aliphatic heterocycles. The summed E-state index contributed by atoms with van der Waals surface area (Å²) in [6.45, 7) is 3.66. The molecule has 0 saturated heterocycles. The van der Waals surface area contributed by atoms with Gasteiger partial charge in [-0.15, -0.1) is 6.58 Å². The maximum absolute atomic E-state index is 10.8. The number of esters is 1. The lowest BCUT2D eigenvalue weighted by molar-refractivity contribution is 0.0658. The second-order valence-electron chi connectivity index (χ2n) is 3.05. The van der Waals surface area contributed by atoms with Gasteiger partial charge < -0.3 is 4.74 Å². The molecule has 0 aromatic heterocycles. The first kappa shape index (κ1) is 8.05. The number of hydrogen-bond donors (Lipinski definition) is 0. The Morgan fingerprint density at radius 1 is 1.46 bits per heavy atom. The van der Waals surface area contributed by atoms with Crippen LogP contribution in [0.1, 0.15) is 22.3 Å². The summed E-state index contributed by atoms with van der Waals surface area (Å²) in [5.41, 5.74) is 1.88. The van der Waals surface area contributed by atoms with Gasteiger partial charge in [0.15, 0.2) is 0 Å². The first-order valence-electron chi connectivity index (χ1n) is 4.27. The highest BCUT2D eigenvalue weighted by Gasteiger charge is 2.25. The van der Waals surface area contributed by atoms with Crippen LogP contribution in [0.25, 0.3) is 0 Å². The summed E-state index contributed by atoms with van der Waals surface area (Å²) in [7, 11) is 0. The SMILES string of the molecule is C=CCCc1ccc2c(c1)OC2=O. The molecule has 1 aliphatic rings. The van der Waals surface area contributed by atoms with Crippen molar-refractivity contribution < 1.29 is 9.53 Å². The number of aryl methyl sites for hydroxylation is 1. The topological polar surface area (TPSA) is 26.3 Å². The third kappa shape index (κ3) is 1.35. The molecule has 1 aromatic carbocycles. The van der Waals surface area contributed by atoms with Crippen LogP contribution in [0.5, 0.6) is 5.75 Å². The first-order valence-corrected chi connectivity index (χ1v) is 4.27. The van der Waals surface area contributed by atoms with Gasteiger partial charge in [0.05, 0.1) is 0 Å². The summed E-state index contributed by atoms with van der Waals surface area (Å²) in [4.78, 5) is 10.8. The van der Waals surface area contributed by atoms with Crippen LogP contribution in [0.3, 0.4) is 0 Å². The number of ether oxygens (including phenoxy) is 1. The number of carbonyl (C=O) groups is 1. The van der Waals surface area contributed by atoms with Crippen molar-refractivity contribution in [1.29, 1.82) is 0 Å². The van der Waals surface area contributed by atoms with Crippen LogP contribution in [-0.4, -0.2) is 5.97 Å². The molecule has 2 nitrogen and oxygen atoms in total. The fourth-order valence-corrected chi connectivity index (χ4v) is 1.35. The molecule has 0 bridgehead atoms. The third-order valence-corrected chi connectivity index (χ3v) is 2.11. The molecule has 0 atom stereocenters. The second kappa shape index (κ2) is 3.05. The molecule has 0 amide bonds. The predicted molar refractivity (Wildman–Crippen MR) is 49.9 cm³/mol. The van der Waals surface area contributed by atoms with Crippen molar-refractivity contribution in [2.24, 2.45) is 0 Å². The van der Waals surface area contributed by atoms with Gasteiger partial charge in [-0.2, -0.15) is 0 Å². The molecule has 0 fully saturated rings. The maximum atomic E-state index is 10.8. The summed E-state index contributed by atoms with van der Waals surface area (Å²) in [6.07, 6.45) is 3.78. The largest absolute Gasteiger partial charge is 0.422 e. The normalized spacial score (nSPS) is 12.8. The molecule has 0 saturated carbocycles. The van der Waals surface area contributed by atoms with Crippen molar-refractivity contribution in [2.45, 2.75) is 12.8 Å². The summed E-state index contributed by atoms with van der Waals surface area (Å²) >= 11 is 0. The van der Waals surface area contributed by atoms with Crippen LogP contribution in [0, 0.1) is 0 Å². The van der Waals surface area contributed by atoms with E-state index in [1.807, 2.05) is 24.3 Å². The fourth-order valence-electron chi connectivity index (χ4n) is 1.35. The molecule has 1 aromatic rings. The molecule has 0 radical (unpaired) electrons. The number of allylic oxidation sites excluding steroid dienone is 1. The van der Waals surface area contributed by atoms with E-state index in [1.165, 1.54) is 5.56 Å². The zero-order valence-corrected chi connectivity index (χ0v) is 7.25. The van der Waals surface area contributed by atoms with Gasteiger partial charge in [0.2, 0.25) is 0 Å². The Balaban J connectivity index is 2.18. The minimum atomic E-state index is -0.217. The van der Waals surface area contributed by atoms with Gasteiger partial charge in [0, 0.05) is 0 Å². The van der Waals surface area contributed by atoms with Gasteiger partial charge >= 0.3 is 5.97 Å². The summed E-state index contributed by atoms with van der Waals surface area (Å²) in [6, 6.07) is 5.70. The average molecular weight is 174 g/mol. The van der Waals surface area contributed by atoms with E-state index in [1.54, 1.807) is 0 Å². The molecule has 2 rings (SSSR count). The smallest absolute Gasteiger partial charge is 0.347 e. The van der Waals surface area contributed by atoms with E-state index in [9.17, 15) is 4.79 Å². The molecule has 0 spiro atoms. The number of rotatable bonds is 3. The van der Waals surface area contributed by atoms with Crippen LogP contribution in [-0.2, 0) is 6.42 Å². The predicted octanol–water partition coefficient (Wildman–Crippen LogP) is 2.34. The highest BCUT2D eigenvalue weighted by Crippen LogP contribution is 2.29. The van der Waals surface area contributed by atoms with Gasteiger partial charge in [0.1, 0.15) is 11.3 Å². The van der Waals surface area contributed by atoms with Crippen molar-refractivity contribution in [2.75, 3.05) is 0 Å². The minimum absolute atomic E-state index is 0.217. The Morgan fingerprint density at radius 3 is 2.92 bits per heavy atom. The van der Waals surface area contributed by atoms with Crippen LogP contribution in [0.4, 0.5) is 0 Å². The molecule has 0 aliphatic carbocycles. The summed E-state index contributed by atoms with van der Waals surface area (Å²) in [5, 5.41) is 0. The monoisotopic (exact) mass is 174 g/mol. The lowest BCUT2D eigenvalue weighted by atomic mass is 10.0. The Bertz CT molecular complexity index is 366. The number of carbonyl (C=O) groups excluding carboxylic acids is 1. The molecule has 13 heavy (non-hydrogen) atoms. The van der Waals surface area contributed by atoms with Gasteiger partial charge in [-0.1, -0.05) is 12.1 Å². The number of fused-ring (bicyclic) bond motifs is 1. The van der Waals surface area contributed by atoms with Crippen LogP contribution in [0.2, 0.25) is 0 Å². The zero-order valence-electron chi connectivity index (χ0n) is 7.25. The Hall–Kier alpha value is -1.57. The van der Waals surface area contributed by atoms with E-state index >= 15 is 0 Å². The highest BCUT2D eigenvalue weighted by atomic mass is 16.6. The van der Waals surface area contributed by atoms with Crippen molar-refractivity contribution in [1.82, 2.24) is 0 Å². The van der Waals surface area contributed by atoms with E-state index < -0.39 is 0 Å². The summed E-state index contributed by atoms with van der Waals surface area (Å²) in [5.74, 6) is 0.497. The van der Waals surface area contributed by atoms with E-state index in [0.29, 0.717) is 11.3 Å². The van der Waals surface area contributed by atoms with E-state index in [-0.39, 0.29) is 5.97 Å². The van der Waals surface area contributed by atoms with E-state index in [0.717, 1.165) is 12.8 Å². The molecule has 0 N–H and O–H groups in total. The van der Waals surface area contributed by atoms with Gasteiger partial charge in [-0.05, 0) is 30.5 Å². The molecule has 1 heterocycles. The van der Waals surface area contributed by atoms with Crippen LogP contribution < -0.4 is 4.74 Å². The maximum Gasteiger partial charge on any atom is 0.347 e. The highest BCUT2D eigenvalue weighted by molar-refractivity contribution is 6.01. The van der Waals surface area contributed by atoms with Crippen molar-refractivity contribution >= 4 is 5.97 Å². The van der Waals surface area contributed by atoms with Crippen LogP contribution >= 0.6 is 0 Å². The van der Waals surface area contributed by atoms with Crippen molar-refractivity contribution in [3.63, 3.8) is 0 Å². The van der Waals surface area contributed by atoms with Gasteiger partial charge in [-0.25, -0.2) is 4.79 Å². The van der Waals surface area contributed by atoms with Gasteiger partial charge in [-0.3, -0.25) is 0 Å². The Kier molecular flexibility index (Phi) is 1.89. The Labute approximate surface area is 76.8 Å². The standard InChI is InChI=1S/C11H10O2/c1-2-3-4-8-5-6-9-10(7-8)13-11(9)12/h2,5-7H,1,3-4H2. The van der Waals surface area contributed by atoms with Gasteiger partial charge in [0.25, 0.3) is 0 Å². The third-order valence-electron chi connectivity index (χ3n) is 2.11. The van der Waals surface area contributed by atoms with E-state index in [4.69, 9.17) is 4.74 Å². The van der Waals surface area contributed by atoms with Crippen molar-refractivity contribution in [3.05, 3.63) is 42.0 Å². The molecule has 0 unspecified atom stereocenters. The van der Waals surface area contributed by atoms with E-state index in [2.05, 4.69) is 6.58 Å². The molecular formula is C11H10O2. The second-order valence-corrected chi connectivity index (χ2v) is 3.05. The first-order chi connectivity index (χ1) is 6.31. The summed E-state index contributed by atoms with van der Waals surface area (Å²) < 4.78 is 4.84. The lowest BCUT2D eigenvalue weighted by Gasteiger charge is -2.17. The fraction of sp³-hybridized carbons (Fsp3) is 0.182. The van der Waals surface area contributed by atoms with Crippen molar-refractivity contribution in [3.8, 4) is 5.75 Å². The quantitative estimate of drug-likeness (QED) is 0.519. The lowest BCUT2D eigenvalue weighted by Crippen LogP contribution is -2.20. The Morgan fingerprint density at radius 2 is 2.31 bits per heavy atom. The molecular weight excluding hydrogens is 164 g/mol. The number of hydrogen-bond acceptors (Lipinski definition) is 2. The zero-order chi connectivity index (χ0) is 9.26. The van der Waals surface area contributed by atoms with Crippen LogP contribution in [0.15, 0.2) is 30.9 Å².